The molecule has 27 heavy (non-hydrogen) atoms. The van der Waals surface area contributed by atoms with Crippen molar-refractivity contribution in [2.24, 2.45) is 0 Å². The Bertz CT molecular complexity index is 994. The van der Waals surface area contributed by atoms with Gasteiger partial charge < -0.3 is 15.0 Å². The molecule has 0 bridgehead atoms. The van der Waals surface area contributed by atoms with Crippen LogP contribution in [-0.2, 0) is 4.79 Å². The zero-order chi connectivity index (χ0) is 19.4. The van der Waals surface area contributed by atoms with Gasteiger partial charge in [-0.25, -0.2) is 0 Å². The van der Waals surface area contributed by atoms with Gasteiger partial charge in [0.25, 0.3) is 11.8 Å². The molecule has 140 valence electrons. The van der Waals surface area contributed by atoms with Crippen molar-refractivity contribution in [1.82, 2.24) is 15.8 Å². The quantitative estimate of drug-likeness (QED) is 0.522. The van der Waals surface area contributed by atoms with Crippen LogP contribution in [0.2, 0.25) is 0 Å². The molecule has 0 saturated carbocycles. The second-order valence-corrected chi connectivity index (χ2v) is 6.31. The van der Waals surface area contributed by atoms with Gasteiger partial charge in [0, 0.05) is 22.7 Å². The molecule has 0 aliphatic heterocycles. The molecule has 0 spiro atoms. The average molecular weight is 366 g/mol. The van der Waals surface area contributed by atoms with Crippen LogP contribution in [0.25, 0.3) is 10.9 Å². The zero-order valence-electron chi connectivity index (χ0n) is 15.5. The monoisotopic (exact) mass is 366 g/mol. The van der Waals surface area contributed by atoms with Crippen LogP contribution in [0.15, 0.2) is 42.5 Å². The van der Waals surface area contributed by atoms with Crippen molar-refractivity contribution in [1.29, 1.82) is 0 Å². The van der Waals surface area contributed by atoms with Gasteiger partial charge in [0.15, 0.2) is 0 Å². The molecule has 0 unspecified atom stereocenters. The fourth-order valence-electron chi connectivity index (χ4n) is 2.78. The number of carbonyl (C=O) groups is 2. The Labute approximate surface area is 157 Å². The lowest BCUT2D eigenvalue weighted by molar-refractivity contribution is -0.120. The Balaban J connectivity index is 1.54. The predicted molar refractivity (Wildman–Crippen MR) is 105 cm³/mol. The van der Waals surface area contributed by atoms with Gasteiger partial charge in [0.1, 0.15) is 11.4 Å². The standard InChI is InChI=1S/C20H22N4O3/c1-12-4-7-16(13(2)8-12)21-11-19(25)23-24-20(26)18-9-14-5-6-15(27-3)10-17(14)22-18/h4-10,21-22H,11H2,1-3H3,(H,23,25)(H,24,26). The molecule has 3 rings (SSSR count). The number of hydrogen-bond acceptors (Lipinski definition) is 4. The average Bonchev–Trinajstić information content (AvgIpc) is 3.08. The maximum atomic E-state index is 12.2. The van der Waals surface area contributed by atoms with Gasteiger partial charge in [-0.1, -0.05) is 17.7 Å². The highest BCUT2D eigenvalue weighted by atomic mass is 16.5. The summed E-state index contributed by atoms with van der Waals surface area (Å²) in [6.07, 6.45) is 0. The highest BCUT2D eigenvalue weighted by Gasteiger charge is 2.11. The molecular weight excluding hydrogens is 344 g/mol. The number of anilines is 1. The number of fused-ring (bicyclic) bond motifs is 1. The molecule has 0 aliphatic rings. The fraction of sp³-hybridized carbons (Fsp3) is 0.200. The number of aryl methyl sites for hydroxylation is 2. The summed E-state index contributed by atoms with van der Waals surface area (Å²) < 4.78 is 5.16. The van der Waals surface area contributed by atoms with Gasteiger partial charge in [0.2, 0.25) is 0 Å². The summed E-state index contributed by atoms with van der Waals surface area (Å²) in [5.41, 5.74) is 9.03. The van der Waals surface area contributed by atoms with Crippen molar-refractivity contribution in [2.75, 3.05) is 19.0 Å². The molecule has 2 aromatic carbocycles. The van der Waals surface area contributed by atoms with E-state index in [9.17, 15) is 9.59 Å². The number of rotatable bonds is 5. The number of carbonyl (C=O) groups excluding carboxylic acids is 2. The number of ether oxygens (including phenoxy) is 1. The largest absolute Gasteiger partial charge is 0.497 e. The lowest BCUT2D eigenvalue weighted by Gasteiger charge is -2.11. The van der Waals surface area contributed by atoms with E-state index in [2.05, 4.69) is 21.2 Å². The first kappa shape index (κ1) is 18.3. The molecule has 0 radical (unpaired) electrons. The summed E-state index contributed by atoms with van der Waals surface area (Å²) >= 11 is 0. The van der Waals surface area contributed by atoms with E-state index in [-0.39, 0.29) is 12.5 Å². The van der Waals surface area contributed by atoms with E-state index >= 15 is 0 Å². The number of benzene rings is 2. The lowest BCUT2D eigenvalue weighted by Crippen LogP contribution is -2.44. The maximum Gasteiger partial charge on any atom is 0.286 e. The Morgan fingerprint density at radius 3 is 2.59 bits per heavy atom. The molecule has 7 heteroatoms. The van der Waals surface area contributed by atoms with Gasteiger partial charge in [0.05, 0.1) is 13.7 Å². The minimum Gasteiger partial charge on any atom is -0.497 e. The summed E-state index contributed by atoms with van der Waals surface area (Å²) in [6, 6.07) is 13.1. The van der Waals surface area contributed by atoms with E-state index in [1.54, 1.807) is 19.2 Å². The van der Waals surface area contributed by atoms with Gasteiger partial charge >= 0.3 is 0 Å². The molecule has 3 aromatic rings. The van der Waals surface area contributed by atoms with Gasteiger partial charge in [-0.3, -0.25) is 20.4 Å². The van der Waals surface area contributed by atoms with Crippen LogP contribution in [0, 0.1) is 13.8 Å². The number of hydrogen-bond donors (Lipinski definition) is 4. The summed E-state index contributed by atoms with van der Waals surface area (Å²) in [5.74, 6) is -0.0757. The molecule has 4 N–H and O–H groups in total. The highest BCUT2D eigenvalue weighted by Crippen LogP contribution is 2.21. The van der Waals surface area contributed by atoms with E-state index in [0.29, 0.717) is 11.4 Å². The lowest BCUT2D eigenvalue weighted by atomic mass is 10.1. The summed E-state index contributed by atoms with van der Waals surface area (Å²) in [5, 5.41) is 3.93. The minimum atomic E-state index is -0.426. The van der Waals surface area contributed by atoms with Crippen molar-refractivity contribution < 1.29 is 14.3 Å². The van der Waals surface area contributed by atoms with E-state index in [1.807, 2.05) is 44.2 Å². The van der Waals surface area contributed by atoms with Crippen molar-refractivity contribution in [3.05, 3.63) is 59.3 Å². The number of aromatic amines is 1. The number of methoxy groups -OCH3 is 1. The topological polar surface area (TPSA) is 95.2 Å². The highest BCUT2D eigenvalue weighted by molar-refractivity contribution is 5.99. The summed E-state index contributed by atoms with van der Waals surface area (Å²) in [6.45, 7) is 4.03. The van der Waals surface area contributed by atoms with Crippen molar-refractivity contribution in [3.8, 4) is 5.75 Å². The van der Waals surface area contributed by atoms with E-state index in [4.69, 9.17) is 4.74 Å². The second kappa shape index (κ2) is 7.82. The van der Waals surface area contributed by atoms with Crippen molar-refractivity contribution >= 4 is 28.4 Å². The summed E-state index contributed by atoms with van der Waals surface area (Å²) in [4.78, 5) is 27.2. The van der Waals surface area contributed by atoms with Crippen LogP contribution < -0.4 is 20.9 Å². The Hall–Kier alpha value is -3.48. The van der Waals surface area contributed by atoms with Crippen LogP contribution in [-0.4, -0.2) is 30.5 Å². The number of hydrazine groups is 1. The molecule has 1 heterocycles. The van der Waals surface area contributed by atoms with Crippen LogP contribution in [0.5, 0.6) is 5.75 Å². The Kier molecular flexibility index (Phi) is 5.30. The Morgan fingerprint density at radius 1 is 1.04 bits per heavy atom. The molecule has 2 amide bonds. The fourth-order valence-corrected chi connectivity index (χ4v) is 2.78. The second-order valence-electron chi connectivity index (χ2n) is 6.31. The Morgan fingerprint density at radius 2 is 1.85 bits per heavy atom. The van der Waals surface area contributed by atoms with Gasteiger partial charge in [-0.05, 0) is 43.7 Å². The van der Waals surface area contributed by atoms with E-state index < -0.39 is 5.91 Å². The number of amides is 2. The molecule has 0 atom stereocenters. The van der Waals surface area contributed by atoms with E-state index in [0.717, 1.165) is 27.7 Å². The first-order valence-electron chi connectivity index (χ1n) is 8.53. The van der Waals surface area contributed by atoms with Crippen LogP contribution in [0.1, 0.15) is 21.6 Å². The molecule has 1 aromatic heterocycles. The van der Waals surface area contributed by atoms with Gasteiger partial charge in [-0.2, -0.15) is 0 Å². The minimum absolute atomic E-state index is 0.0497. The predicted octanol–water partition coefficient (Wildman–Crippen LogP) is 2.67. The normalized spacial score (nSPS) is 10.5. The van der Waals surface area contributed by atoms with Gasteiger partial charge in [-0.15, -0.1) is 0 Å². The molecule has 0 saturated heterocycles. The first-order valence-corrected chi connectivity index (χ1v) is 8.53. The molecule has 7 nitrogen and oxygen atoms in total. The number of nitrogens with one attached hydrogen (secondary N) is 4. The molecular formula is C20H22N4O3. The smallest absolute Gasteiger partial charge is 0.286 e. The van der Waals surface area contributed by atoms with E-state index in [1.165, 1.54) is 0 Å². The van der Waals surface area contributed by atoms with Crippen molar-refractivity contribution in [3.63, 3.8) is 0 Å². The zero-order valence-corrected chi connectivity index (χ0v) is 15.5. The maximum absolute atomic E-state index is 12.2. The third-order valence-electron chi connectivity index (χ3n) is 4.21. The third kappa shape index (κ3) is 4.38. The molecule has 0 aliphatic carbocycles. The first-order chi connectivity index (χ1) is 13.0. The van der Waals surface area contributed by atoms with Crippen LogP contribution >= 0.6 is 0 Å². The van der Waals surface area contributed by atoms with Crippen molar-refractivity contribution in [2.45, 2.75) is 13.8 Å². The van der Waals surface area contributed by atoms with Crippen LogP contribution in [0.4, 0.5) is 5.69 Å². The van der Waals surface area contributed by atoms with Crippen LogP contribution in [0.3, 0.4) is 0 Å². The number of H-pyrrole nitrogens is 1. The third-order valence-corrected chi connectivity index (χ3v) is 4.21. The molecule has 0 fully saturated rings. The number of aromatic nitrogens is 1. The summed E-state index contributed by atoms with van der Waals surface area (Å²) in [7, 11) is 1.58. The SMILES string of the molecule is COc1ccc2cc(C(=O)NNC(=O)CNc3ccc(C)cc3C)[nH]c2c1.